The largest absolute Gasteiger partial charge is 0.452 e. The minimum absolute atomic E-state index is 0.218. The standard InChI is InChI=1S/C21H25N3O5/c1-21(2)27-14-17(29-21)13-23(20(26)18-8-9-19(25)28-18)12-16-10-11-22-24(16)15-6-4-3-5-7-15/h3-7,10-11,17-18H,8-9,12-14H2,1-2H3/t17-,18-/m1/s1. The molecule has 0 saturated carbocycles. The molecule has 0 N–H and O–H groups in total. The molecule has 3 heterocycles. The zero-order valence-electron chi connectivity index (χ0n) is 16.6. The van der Waals surface area contributed by atoms with Crippen LogP contribution < -0.4 is 0 Å². The van der Waals surface area contributed by atoms with Gasteiger partial charge in [-0.3, -0.25) is 9.59 Å². The van der Waals surface area contributed by atoms with Crippen molar-refractivity contribution in [1.82, 2.24) is 14.7 Å². The van der Waals surface area contributed by atoms with E-state index in [1.165, 1.54) is 0 Å². The minimum atomic E-state index is -0.745. The van der Waals surface area contributed by atoms with Gasteiger partial charge in [-0.25, -0.2) is 4.68 Å². The number of ether oxygens (including phenoxy) is 3. The summed E-state index contributed by atoms with van der Waals surface area (Å²) in [5.74, 6) is -1.23. The number of carbonyl (C=O) groups is 2. The molecule has 0 unspecified atom stereocenters. The van der Waals surface area contributed by atoms with Gasteiger partial charge in [-0.15, -0.1) is 0 Å². The van der Waals surface area contributed by atoms with Gasteiger partial charge in [-0.1, -0.05) is 18.2 Å². The molecule has 1 aromatic heterocycles. The second-order valence-corrected chi connectivity index (χ2v) is 7.76. The molecule has 4 rings (SSSR count). The van der Waals surface area contributed by atoms with Crippen LogP contribution in [0.5, 0.6) is 0 Å². The van der Waals surface area contributed by atoms with E-state index in [2.05, 4.69) is 5.10 Å². The van der Waals surface area contributed by atoms with E-state index in [0.29, 0.717) is 26.1 Å². The van der Waals surface area contributed by atoms with E-state index in [1.54, 1.807) is 15.8 Å². The Hall–Kier alpha value is -2.71. The van der Waals surface area contributed by atoms with Crippen molar-refractivity contribution in [1.29, 1.82) is 0 Å². The van der Waals surface area contributed by atoms with Crippen molar-refractivity contribution >= 4 is 11.9 Å². The highest BCUT2D eigenvalue weighted by Gasteiger charge is 2.38. The van der Waals surface area contributed by atoms with Gasteiger partial charge < -0.3 is 19.1 Å². The van der Waals surface area contributed by atoms with Gasteiger partial charge in [0.2, 0.25) is 0 Å². The first-order valence-corrected chi connectivity index (χ1v) is 9.80. The lowest BCUT2D eigenvalue weighted by molar-refractivity contribution is -0.157. The normalized spacial score (nSPS) is 23.2. The molecule has 0 aliphatic carbocycles. The fourth-order valence-electron chi connectivity index (χ4n) is 3.68. The van der Waals surface area contributed by atoms with Crippen LogP contribution in [0.4, 0.5) is 0 Å². The van der Waals surface area contributed by atoms with Crippen LogP contribution in [0, 0.1) is 0 Å². The summed E-state index contributed by atoms with van der Waals surface area (Å²) in [5.41, 5.74) is 1.76. The van der Waals surface area contributed by atoms with Gasteiger partial charge in [0, 0.05) is 25.6 Å². The molecular weight excluding hydrogens is 374 g/mol. The molecule has 1 amide bonds. The fraction of sp³-hybridized carbons (Fsp3) is 0.476. The zero-order valence-corrected chi connectivity index (χ0v) is 16.6. The number of aromatic nitrogens is 2. The Bertz CT molecular complexity index is 879. The van der Waals surface area contributed by atoms with Crippen molar-refractivity contribution in [2.75, 3.05) is 13.2 Å². The van der Waals surface area contributed by atoms with Crippen LogP contribution in [-0.2, 0) is 30.3 Å². The third-order valence-electron chi connectivity index (χ3n) is 5.04. The molecule has 0 radical (unpaired) electrons. The molecular formula is C21H25N3O5. The Morgan fingerprint density at radius 2 is 2.07 bits per heavy atom. The maximum absolute atomic E-state index is 13.1. The third kappa shape index (κ3) is 4.49. The van der Waals surface area contributed by atoms with Crippen LogP contribution >= 0.6 is 0 Å². The van der Waals surface area contributed by atoms with Gasteiger partial charge in [0.25, 0.3) is 5.91 Å². The number of carbonyl (C=O) groups excluding carboxylic acids is 2. The number of benzene rings is 1. The Balaban J connectivity index is 1.55. The van der Waals surface area contributed by atoms with Gasteiger partial charge in [-0.2, -0.15) is 5.10 Å². The molecule has 8 nitrogen and oxygen atoms in total. The zero-order chi connectivity index (χ0) is 20.4. The van der Waals surface area contributed by atoms with Gasteiger partial charge >= 0.3 is 5.97 Å². The SMILES string of the molecule is CC1(C)OC[C@@H](CN(Cc2ccnn2-c2ccccc2)C(=O)[C@H]2CCC(=O)O2)O1. The molecule has 0 spiro atoms. The lowest BCUT2D eigenvalue weighted by atomic mass is 10.2. The highest BCUT2D eigenvalue weighted by molar-refractivity contribution is 5.86. The van der Waals surface area contributed by atoms with Crippen molar-refractivity contribution in [3.8, 4) is 5.69 Å². The molecule has 1 aromatic carbocycles. The second kappa shape index (κ2) is 7.96. The van der Waals surface area contributed by atoms with E-state index in [9.17, 15) is 9.59 Å². The first kappa shape index (κ1) is 19.6. The van der Waals surface area contributed by atoms with Crippen molar-refractivity contribution < 1.29 is 23.8 Å². The highest BCUT2D eigenvalue weighted by Crippen LogP contribution is 2.25. The minimum Gasteiger partial charge on any atom is -0.452 e. The first-order valence-electron chi connectivity index (χ1n) is 9.80. The monoisotopic (exact) mass is 399 g/mol. The quantitative estimate of drug-likeness (QED) is 0.692. The summed E-state index contributed by atoms with van der Waals surface area (Å²) in [7, 11) is 0. The lowest BCUT2D eigenvalue weighted by Gasteiger charge is -2.28. The van der Waals surface area contributed by atoms with Gasteiger partial charge in [0.15, 0.2) is 11.9 Å². The lowest BCUT2D eigenvalue weighted by Crippen LogP contribution is -2.44. The molecule has 0 bridgehead atoms. The Kier molecular flexibility index (Phi) is 5.38. The number of cyclic esters (lactones) is 1. The Morgan fingerprint density at radius 3 is 2.72 bits per heavy atom. The molecule has 2 aliphatic rings. The summed E-state index contributed by atoms with van der Waals surface area (Å²) < 4.78 is 18.6. The summed E-state index contributed by atoms with van der Waals surface area (Å²) in [4.78, 5) is 26.3. The fourth-order valence-corrected chi connectivity index (χ4v) is 3.68. The summed E-state index contributed by atoms with van der Waals surface area (Å²) in [6.07, 6.45) is 1.38. The third-order valence-corrected chi connectivity index (χ3v) is 5.04. The Labute approximate surface area is 169 Å². The maximum atomic E-state index is 13.1. The predicted molar refractivity (Wildman–Crippen MR) is 103 cm³/mol. The second-order valence-electron chi connectivity index (χ2n) is 7.76. The molecule has 2 atom stereocenters. The molecule has 2 aromatic rings. The summed E-state index contributed by atoms with van der Waals surface area (Å²) in [6.45, 7) is 4.77. The average Bonchev–Trinajstić information content (AvgIpc) is 3.42. The van der Waals surface area contributed by atoms with Gasteiger partial charge in [0.05, 0.1) is 24.5 Å². The number of hydrogen-bond acceptors (Lipinski definition) is 6. The van der Waals surface area contributed by atoms with E-state index < -0.39 is 11.9 Å². The van der Waals surface area contributed by atoms with Crippen LogP contribution in [0.1, 0.15) is 32.4 Å². The van der Waals surface area contributed by atoms with Crippen molar-refractivity contribution in [2.24, 2.45) is 0 Å². The summed E-state index contributed by atoms with van der Waals surface area (Å²) in [6, 6.07) is 11.6. The number of para-hydroxylation sites is 1. The van der Waals surface area contributed by atoms with Crippen molar-refractivity contribution in [3.05, 3.63) is 48.3 Å². The molecule has 2 aliphatic heterocycles. The van der Waals surface area contributed by atoms with E-state index in [4.69, 9.17) is 14.2 Å². The summed E-state index contributed by atoms with van der Waals surface area (Å²) >= 11 is 0. The van der Waals surface area contributed by atoms with E-state index >= 15 is 0 Å². The van der Waals surface area contributed by atoms with E-state index in [1.807, 2.05) is 50.2 Å². The number of amides is 1. The van der Waals surface area contributed by atoms with Crippen LogP contribution in [0.15, 0.2) is 42.6 Å². The summed E-state index contributed by atoms with van der Waals surface area (Å²) in [5, 5.41) is 4.40. The topological polar surface area (TPSA) is 82.9 Å². The Morgan fingerprint density at radius 1 is 1.28 bits per heavy atom. The molecule has 2 fully saturated rings. The smallest absolute Gasteiger partial charge is 0.306 e. The number of esters is 1. The molecule has 2 saturated heterocycles. The van der Waals surface area contributed by atoms with Gasteiger partial charge in [0.1, 0.15) is 6.10 Å². The maximum Gasteiger partial charge on any atom is 0.306 e. The average molecular weight is 399 g/mol. The van der Waals surface area contributed by atoms with E-state index in [-0.39, 0.29) is 24.4 Å². The first-order chi connectivity index (χ1) is 13.9. The molecule has 154 valence electrons. The van der Waals surface area contributed by atoms with Crippen molar-refractivity contribution in [2.45, 2.75) is 51.2 Å². The number of rotatable bonds is 6. The van der Waals surface area contributed by atoms with Crippen LogP contribution in [0.2, 0.25) is 0 Å². The molecule has 8 heteroatoms. The van der Waals surface area contributed by atoms with Crippen molar-refractivity contribution in [3.63, 3.8) is 0 Å². The number of hydrogen-bond donors (Lipinski definition) is 0. The highest BCUT2D eigenvalue weighted by atomic mass is 16.7. The van der Waals surface area contributed by atoms with Crippen LogP contribution in [-0.4, -0.2) is 57.7 Å². The molecule has 29 heavy (non-hydrogen) atoms. The van der Waals surface area contributed by atoms with Crippen LogP contribution in [0.3, 0.4) is 0 Å². The predicted octanol–water partition coefficient (Wildman–Crippen LogP) is 2.06. The van der Waals surface area contributed by atoms with E-state index in [0.717, 1.165) is 11.4 Å². The van der Waals surface area contributed by atoms with Crippen LogP contribution in [0.25, 0.3) is 5.69 Å². The number of nitrogens with zero attached hydrogens (tertiary/aromatic N) is 3. The van der Waals surface area contributed by atoms with Gasteiger partial charge in [-0.05, 0) is 32.0 Å².